The van der Waals surface area contributed by atoms with Crippen molar-refractivity contribution in [2.45, 2.75) is 59.5 Å². The lowest BCUT2D eigenvalue weighted by Gasteiger charge is -2.18. The SMILES string of the molecule is CCNC(=NCC(CCO)CC(C)C)NCCCC(=O)N1Cc2ccccc2C1. The van der Waals surface area contributed by atoms with Crippen molar-refractivity contribution in [1.82, 2.24) is 15.5 Å². The van der Waals surface area contributed by atoms with E-state index in [0.717, 1.165) is 44.9 Å². The highest BCUT2D eigenvalue weighted by Crippen LogP contribution is 2.22. The summed E-state index contributed by atoms with van der Waals surface area (Å²) in [7, 11) is 0. The lowest BCUT2D eigenvalue weighted by Crippen LogP contribution is -2.38. The third kappa shape index (κ3) is 8.05. The van der Waals surface area contributed by atoms with E-state index < -0.39 is 0 Å². The smallest absolute Gasteiger partial charge is 0.223 e. The van der Waals surface area contributed by atoms with Crippen molar-refractivity contribution in [2.24, 2.45) is 16.8 Å². The number of fused-ring (bicyclic) bond motifs is 1. The number of benzene rings is 1. The Morgan fingerprint density at radius 2 is 1.90 bits per heavy atom. The van der Waals surface area contributed by atoms with E-state index >= 15 is 0 Å². The van der Waals surface area contributed by atoms with Crippen LogP contribution in [0.1, 0.15) is 57.6 Å². The quantitative estimate of drug-likeness (QED) is 0.302. The maximum atomic E-state index is 12.5. The average molecular weight is 403 g/mol. The number of aliphatic imine (C=N–C) groups is 1. The molecule has 29 heavy (non-hydrogen) atoms. The number of amides is 1. The zero-order valence-electron chi connectivity index (χ0n) is 18.3. The number of carbonyl (C=O) groups excluding carboxylic acids is 1. The highest BCUT2D eigenvalue weighted by molar-refractivity contribution is 5.80. The van der Waals surface area contributed by atoms with Crippen molar-refractivity contribution in [2.75, 3.05) is 26.2 Å². The molecule has 162 valence electrons. The van der Waals surface area contributed by atoms with E-state index in [1.54, 1.807) is 0 Å². The minimum absolute atomic E-state index is 0.208. The van der Waals surface area contributed by atoms with E-state index in [-0.39, 0.29) is 12.5 Å². The average Bonchev–Trinajstić information content (AvgIpc) is 3.13. The molecule has 2 rings (SSSR count). The number of hydrogen-bond acceptors (Lipinski definition) is 3. The van der Waals surface area contributed by atoms with E-state index in [4.69, 9.17) is 4.99 Å². The lowest BCUT2D eigenvalue weighted by atomic mass is 9.94. The summed E-state index contributed by atoms with van der Waals surface area (Å²) in [5.74, 6) is 2.00. The third-order valence-electron chi connectivity index (χ3n) is 5.25. The van der Waals surface area contributed by atoms with Gasteiger partial charge in [0.2, 0.25) is 5.91 Å². The molecule has 0 saturated heterocycles. The molecule has 1 aromatic carbocycles. The van der Waals surface area contributed by atoms with Crippen LogP contribution in [0.5, 0.6) is 0 Å². The summed E-state index contributed by atoms with van der Waals surface area (Å²) < 4.78 is 0. The van der Waals surface area contributed by atoms with Crippen molar-refractivity contribution in [3.8, 4) is 0 Å². The van der Waals surface area contributed by atoms with Crippen molar-refractivity contribution < 1.29 is 9.90 Å². The van der Waals surface area contributed by atoms with E-state index in [2.05, 4.69) is 36.6 Å². The van der Waals surface area contributed by atoms with Gasteiger partial charge in [0.25, 0.3) is 0 Å². The summed E-state index contributed by atoms with van der Waals surface area (Å²) in [6, 6.07) is 8.27. The Morgan fingerprint density at radius 3 is 2.48 bits per heavy atom. The van der Waals surface area contributed by atoms with E-state index in [1.807, 2.05) is 24.0 Å². The second kappa shape index (κ2) is 12.5. The maximum absolute atomic E-state index is 12.5. The number of nitrogens with one attached hydrogen (secondary N) is 2. The molecule has 1 amide bonds. The molecule has 1 aromatic rings. The van der Waals surface area contributed by atoms with Crippen LogP contribution in [0.25, 0.3) is 0 Å². The monoisotopic (exact) mass is 402 g/mol. The second-order valence-corrected chi connectivity index (χ2v) is 8.28. The van der Waals surface area contributed by atoms with Crippen molar-refractivity contribution in [3.63, 3.8) is 0 Å². The standard InChI is InChI=1S/C23H38N4O2/c1-4-24-23(26-15-19(11-13-28)14-18(2)3)25-12-7-10-22(29)27-16-20-8-5-6-9-21(20)17-27/h5-6,8-9,18-19,28H,4,7,10-17H2,1-3H3,(H2,24,25,26). The van der Waals surface area contributed by atoms with Gasteiger partial charge in [0.15, 0.2) is 5.96 Å². The minimum Gasteiger partial charge on any atom is -0.396 e. The maximum Gasteiger partial charge on any atom is 0.223 e. The predicted molar refractivity (Wildman–Crippen MR) is 119 cm³/mol. The van der Waals surface area contributed by atoms with E-state index in [1.165, 1.54) is 11.1 Å². The summed E-state index contributed by atoms with van der Waals surface area (Å²) >= 11 is 0. The molecule has 0 saturated carbocycles. The fraction of sp³-hybridized carbons (Fsp3) is 0.652. The number of aliphatic hydroxyl groups is 1. The number of guanidine groups is 1. The number of rotatable bonds is 11. The highest BCUT2D eigenvalue weighted by Gasteiger charge is 2.22. The molecule has 1 heterocycles. The Morgan fingerprint density at radius 1 is 1.21 bits per heavy atom. The first-order valence-corrected chi connectivity index (χ1v) is 11.0. The molecular weight excluding hydrogens is 364 g/mol. The van der Waals surface area contributed by atoms with Crippen molar-refractivity contribution >= 4 is 11.9 Å². The molecule has 1 aliphatic rings. The van der Waals surface area contributed by atoms with Crippen LogP contribution in [0.4, 0.5) is 0 Å². The first kappa shape index (κ1) is 23.2. The lowest BCUT2D eigenvalue weighted by molar-refractivity contribution is -0.131. The van der Waals surface area contributed by atoms with Crippen LogP contribution in [0.3, 0.4) is 0 Å². The van der Waals surface area contributed by atoms with Crippen LogP contribution >= 0.6 is 0 Å². The van der Waals surface area contributed by atoms with Crippen LogP contribution in [-0.2, 0) is 17.9 Å². The summed E-state index contributed by atoms with van der Waals surface area (Å²) in [4.78, 5) is 19.1. The van der Waals surface area contributed by atoms with Crippen molar-refractivity contribution in [1.29, 1.82) is 0 Å². The summed E-state index contributed by atoms with van der Waals surface area (Å²) in [5, 5.41) is 15.9. The Labute approximate surface area is 175 Å². The fourth-order valence-corrected chi connectivity index (χ4v) is 3.81. The largest absolute Gasteiger partial charge is 0.396 e. The molecule has 0 spiro atoms. The molecule has 1 atom stereocenters. The van der Waals surface area contributed by atoms with E-state index in [9.17, 15) is 9.90 Å². The molecule has 1 aliphatic heterocycles. The predicted octanol–water partition coefficient (Wildman–Crippen LogP) is 2.91. The molecular formula is C23H38N4O2. The van der Waals surface area contributed by atoms with E-state index in [0.29, 0.717) is 31.3 Å². The van der Waals surface area contributed by atoms with Gasteiger partial charge < -0.3 is 20.6 Å². The summed E-state index contributed by atoms with van der Waals surface area (Å²) in [6.07, 6.45) is 3.17. The second-order valence-electron chi connectivity index (χ2n) is 8.28. The molecule has 0 aliphatic carbocycles. The van der Waals surface area contributed by atoms with Gasteiger partial charge >= 0.3 is 0 Å². The molecule has 0 aromatic heterocycles. The first-order chi connectivity index (χ1) is 14.0. The van der Waals surface area contributed by atoms with Crippen LogP contribution in [0.15, 0.2) is 29.3 Å². The summed E-state index contributed by atoms with van der Waals surface area (Å²) in [6.45, 7) is 10.3. The molecule has 0 fully saturated rings. The van der Waals surface area contributed by atoms with Gasteiger partial charge in [-0.25, -0.2) is 0 Å². The Hall–Kier alpha value is -2.08. The first-order valence-electron chi connectivity index (χ1n) is 11.0. The normalized spacial score (nSPS) is 14.8. The molecule has 0 radical (unpaired) electrons. The van der Waals surface area contributed by atoms with Crippen LogP contribution in [-0.4, -0.2) is 48.1 Å². The minimum atomic E-state index is 0.208. The van der Waals surface area contributed by atoms with Crippen LogP contribution in [0.2, 0.25) is 0 Å². The van der Waals surface area contributed by atoms with Gasteiger partial charge in [-0.3, -0.25) is 9.79 Å². The van der Waals surface area contributed by atoms with Gasteiger partial charge in [0.05, 0.1) is 0 Å². The topological polar surface area (TPSA) is 77.0 Å². The molecule has 3 N–H and O–H groups in total. The zero-order chi connectivity index (χ0) is 21.1. The molecule has 6 heteroatoms. The molecule has 0 bridgehead atoms. The van der Waals surface area contributed by atoms with Crippen molar-refractivity contribution in [3.05, 3.63) is 35.4 Å². The summed E-state index contributed by atoms with van der Waals surface area (Å²) in [5.41, 5.74) is 2.53. The number of aliphatic hydroxyl groups excluding tert-OH is 1. The number of hydrogen-bond donors (Lipinski definition) is 3. The fourth-order valence-electron chi connectivity index (χ4n) is 3.81. The van der Waals surface area contributed by atoms with Gasteiger partial charge in [-0.05, 0) is 49.1 Å². The van der Waals surface area contributed by atoms with Gasteiger partial charge in [-0.1, -0.05) is 38.1 Å². The third-order valence-corrected chi connectivity index (χ3v) is 5.25. The number of carbonyl (C=O) groups is 1. The van der Waals surface area contributed by atoms with Gasteiger partial charge in [-0.2, -0.15) is 0 Å². The number of nitrogens with zero attached hydrogens (tertiary/aromatic N) is 2. The Kier molecular flexibility index (Phi) is 9.98. The van der Waals surface area contributed by atoms with Gasteiger partial charge in [-0.15, -0.1) is 0 Å². The van der Waals surface area contributed by atoms with Crippen LogP contribution < -0.4 is 10.6 Å². The molecule has 6 nitrogen and oxygen atoms in total. The zero-order valence-corrected chi connectivity index (χ0v) is 18.3. The molecule has 1 unspecified atom stereocenters. The van der Waals surface area contributed by atoms with Gasteiger partial charge in [0, 0.05) is 45.8 Å². The highest BCUT2D eigenvalue weighted by atomic mass is 16.3. The Bertz CT molecular complexity index is 635. The Balaban J connectivity index is 1.73. The van der Waals surface area contributed by atoms with Gasteiger partial charge in [0.1, 0.15) is 0 Å². The van der Waals surface area contributed by atoms with Crippen LogP contribution in [0, 0.1) is 11.8 Å².